The summed E-state index contributed by atoms with van der Waals surface area (Å²) in [7, 11) is 0. The lowest BCUT2D eigenvalue weighted by Crippen LogP contribution is -2.46. The zero-order valence-corrected chi connectivity index (χ0v) is 13.1. The molecule has 114 valence electrons. The summed E-state index contributed by atoms with van der Waals surface area (Å²) in [6.45, 7) is 4.92. The second-order valence-electron chi connectivity index (χ2n) is 5.68. The van der Waals surface area contributed by atoms with Crippen LogP contribution in [0.2, 0.25) is 5.02 Å². The highest BCUT2D eigenvalue weighted by Crippen LogP contribution is 2.22. The van der Waals surface area contributed by atoms with Crippen molar-refractivity contribution in [3.05, 3.63) is 34.3 Å². The van der Waals surface area contributed by atoms with Crippen molar-refractivity contribution in [2.75, 3.05) is 13.1 Å². The van der Waals surface area contributed by atoms with Crippen LogP contribution in [0.15, 0.2) is 18.2 Å². The molecular formula is C16H20ClNO3. The molecule has 1 aliphatic heterocycles. The number of carbonyl (C=O) groups is 2. The topological polar surface area (TPSA) is 57.6 Å². The van der Waals surface area contributed by atoms with Crippen LogP contribution in [0.25, 0.3) is 0 Å². The maximum Gasteiger partial charge on any atom is 0.307 e. The molecule has 21 heavy (non-hydrogen) atoms. The smallest absolute Gasteiger partial charge is 0.307 e. The Morgan fingerprint density at radius 1 is 1.43 bits per heavy atom. The predicted molar refractivity (Wildman–Crippen MR) is 81.9 cm³/mol. The Labute approximate surface area is 129 Å². The van der Waals surface area contributed by atoms with Crippen LogP contribution in [-0.2, 0) is 4.79 Å². The maximum atomic E-state index is 12.6. The van der Waals surface area contributed by atoms with Crippen LogP contribution in [0.3, 0.4) is 0 Å². The maximum absolute atomic E-state index is 12.6. The van der Waals surface area contributed by atoms with Crippen LogP contribution >= 0.6 is 11.6 Å². The van der Waals surface area contributed by atoms with Crippen molar-refractivity contribution in [2.45, 2.75) is 32.7 Å². The van der Waals surface area contributed by atoms with Crippen LogP contribution in [-0.4, -0.2) is 40.9 Å². The van der Waals surface area contributed by atoms with Gasteiger partial charge >= 0.3 is 5.97 Å². The Morgan fingerprint density at radius 2 is 2.14 bits per heavy atom. The monoisotopic (exact) mass is 309 g/mol. The van der Waals surface area contributed by atoms with E-state index in [4.69, 9.17) is 16.7 Å². The van der Waals surface area contributed by atoms with Crippen molar-refractivity contribution >= 4 is 23.4 Å². The molecule has 0 radical (unpaired) electrons. The Balaban J connectivity index is 2.11. The van der Waals surface area contributed by atoms with Crippen molar-refractivity contribution in [3.63, 3.8) is 0 Å². The largest absolute Gasteiger partial charge is 0.481 e. The van der Waals surface area contributed by atoms with E-state index < -0.39 is 5.97 Å². The highest BCUT2D eigenvalue weighted by Gasteiger charge is 2.31. The number of halogens is 1. The normalized spacial score (nSPS) is 21.0. The van der Waals surface area contributed by atoms with Gasteiger partial charge < -0.3 is 5.11 Å². The molecule has 1 heterocycles. The van der Waals surface area contributed by atoms with Crippen molar-refractivity contribution in [1.29, 1.82) is 0 Å². The number of benzene rings is 1. The summed E-state index contributed by atoms with van der Waals surface area (Å²) in [4.78, 5) is 25.6. The number of carboxylic acid groups (broad SMARTS) is 1. The highest BCUT2D eigenvalue weighted by molar-refractivity contribution is 6.31. The van der Waals surface area contributed by atoms with Gasteiger partial charge in [0, 0.05) is 17.1 Å². The van der Waals surface area contributed by atoms with Gasteiger partial charge in [0.15, 0.2) is 5.78 Å². The van der Waals surface area contributed by atoms with Crippen molar-refractivity contribution in [2.24, 2.45) is 5.92 Å². The van der Waals surface area contributed by atoms with Gasteiger partial charge in [-0.25, -0.2) is 0 Å². The van der Waals surface area contributed by atoms with Gasteiger partial charge in [0.1, 0.15) is 0 Å². The summed E-state index contributed by atoms with van der Waals surface area (Å²) in [5, 5.41) is 9.78. The number of carboxylic acids is 1. The van der Waals surface area contributed by atoms with Gasteiger partial charge in [-0.1, -0.05) is 11.6 Å². The number of nitrogens with zero attached hydrogens (tertiary/aromatic N) is 1. The molecule has 2 unspecified atom stereocenters. The van der Waals surface area contributed by atoms with Gasteiger partial charge in [0.25, 0.3) is 0 Å². The SMILES string of the molecule is Cc1cc(C(=O)C(C)N2CCCC(C(=O)O)C2)ccc1Cl. The predicted octanol–water partition coefficient (Wildman–Crippen LogP) is 3.02. The van der Waals surface area contributed by atoms with Crippen molar-refractivity contribution < 1.29 is 14.7 Å². The van der Waals surface area contributed by atoms with Crippen molar-refractivity contribution in [1.82, 2.24) is 4.90 Å². The highest BCUT2D eigenvalue weighted by atomic mass is 35.5. The van der Waals surface area contributed by atoms with E-state index in [1.54, 1.807) is 18.2 Å². The van der Waals surface area contributed by atoms with Crippen LogP contribution in [0, 0.1) is 12.8 Å². The molecule has 2 atom stereocenters. The minimum Gasteiger partial charge on any atom is -0.481 e. The lowest BCUT2D eigenvalue weighted by molar-refractivity contribution is -0.143. The molecule has 0 saturated carbocycles. The fourth-order valence-electron chi connectivity index (χ4n) is 2.76. The number of carbonyl (C=O) groups excluding carboxylic acids is 1. The molecule has 1 aromatic rings. The number of aryl methyl sites for hydroxylation is 1. The first-order valence-corrected chi connectivity index (χ1v) is 7.55. The number of rotatable bonds is 4. The molecule has 5 heteroatoms. The molecule has 0 amide bonds. The fourth-order valence-corrected chi connectivity index (χ4v) is 2.88. The number of piperidine rings is 1. The lowest BCUT2D eigenvalue weighted by Gasteiger charge is -2.34. The lowest BCUT2D eigenvalue weighted by atomic mass is 9.95. The Hall–Kier alpha value is -1.39. The average molecular weight is 310 g/mol. The summed E-state index contributed by atoms with van der Waals surface area (Å²) in [5.41, 5.74) is 1.50. The van der Waals surface area contributed by atoms with E-state index in [0.717, 1.165) is 18.5 Å². The van der Waals surface area contributed by atoms with Crippen LogP contribution in [0.4, 0.5) is 0 Å². The number of hydrogen-bond donors (Lipinski definition) is 1. The van der Waals surface area contributed by atoms with Gasteiger partial charge in [-0.2, -0.15) is 0 Å². The molecule has 1 N–H and O–H groups in total. The first-order valence-electron chi connectivity index (χ1n) is 7.17. The van der Waals surface area contributed by atoms with E-state index in [2.05, 4.69) is 0 Å². The molecule has 4 nitrogen and oxygen atoms in total. The summed E-state index contributed by atoms with van der Waals surface area (Å²) in [6.07, 6.45) is 1.50. The van der Waals surface area contributed by atoms with Gasteiger partial charge in [-0.15, -0.1) is 0 Å². The summed E-state index contributed by atoms with van der Waals surface area (Å²) >= 11 is 5.98. The van der Waals surface area contributed by atoms with E-state index in [1.165, 1.54) is 0 Å². The van der Waals surface area contributed by atoms with E-state index in [-0.39, 0.29) is 17.7 Å². The van der Waals surface area contributed by atoms with Crippen molar-refractivity contribution in [3.8, 4) is 0 Å². The third-order valence-corrected chi connectivity index (χ3v) is 4.60. The molecule has 1 aliphatic rings. The molecule has 1 aromatic carbocycles. The second kappa shape index (κ2) is 6.58. The minimum atomic E-state index is -0.776. The van der Waals surface area contributed by atoms with Gasteiger partial charge in [-0.05, 0) is 57.0 Å². The van der Waals surface area contributed by atoms with Crippen LogP contribution in [0.5, 0.6) is 0 Å². The molecule has 2 rings (SSSR count). The summed E-state index contributed by atoms with van der Waals surface area (Å²) < 4.78 is 0. The third kappa shape index (κ3) is 3.63. The Morgan fingerprint density at radius 3 is 2.76 bits per heavy atom. The van der Waals surface area contributed by atoms with Gasteiger partial charge in [0.05, 0.1) is 12.0 Å². The van der Waals surface area contributed by atoms with Gasteiger partial charge in [0.2, 0.25) is 0 Å². The van der Waals surface area contributed by atoms with Crippen LogP contribution in [0.1, 0.15) is 35.7 Å². The standard InChI is InChI=1S/C16H20ClNO3/c1-10-8-12(5-6-14(10)17)15(19)11(2)18-7-3-4-13(9-18)16(20)21/h5-6,8,11,13H,3-4,7,9H2,1-2H3,(H,20,21). The molecule has 0 spiro atoms. The third-order valence-electron chi connectivity index (χ3n) is 4.17. The zero-order valence-electron chi connectivity index (χ0n) is 12.3. The second-order valence-corrected chi connectivity index (χ2v) is 6.08. The first kappa shape index (κ1) is 16.0. The summed E-state index contributed by atoms with van der Waals surface area (Å²) in [6, 6.07) is 4.94. The van der Waals surface area contributed by atoms with E-state index in [0.29, 0.717) is 23.6 Å². The molecule has 0 aliphatic carbocycles. The molecule has 1 fully saturated rings. The Bertz CT molecular complexity index is 558. The quantitative estimate of drug-likeness (QED) is 0.869. The molecule has 0 bridgehead atoms. The number of aliphatic carboxylic acids is 1. The van der Waals surface area contributed by atoms with Gasteiger partial charge in [-0.3, -0.25) is 14.5 Å². The number of Topliss-reactive ketones (excluding diaryl/α,β-unsaturated/α-hetero) is 1. The molecular weight excluding hydrogens is 290 g/mol. The Kier molecular flexibility index (Phi) is 5.01. The van der Waals surface area contributed by atoms with E-state index in [9.17, 15) is 9.59 Å². The minimum absolute atomic E-state index is 0.0146. The number of ketones is 1. The number of likely N-dealkylation sites (tertiary alicyclic amines) is 1. The van der Waals surface area contributed by atoms with E-state index in [1.807, 2.05) is 18.7 Å². The van der Waals surface area contributed by atoms with Crippen LogP contribution < -0.4 is 0 Å². The molecule has 1 saturated heterocycles. The fraction of sp³-hybridized carbons (Fsp3) is 0.500. The van der Waals surface area contributed by atoms with E-state index >= 15 is 0 Å². The summed E-state index contributed by atoms with van der Waals surface area (Å²) in [5.74, 6) is -1.14. The first-order chi connectivity index (χ1) is 9.90. The molecule has 0 aromatic heterocycles. The average Bonchev–Trinajstić information content (AvgIpc) is 2.48. The number of hydrogen-bond acceptors (Lipinski definition) is 3. The zero-order chi connectivity index (χ0) is 15.6.